The van der Waals surface area contributed by atoms with Crippen LogP contribution in [0.4, 0.5) is 17.1 Å². The second kappa shape index (κ2) is 13.6. The number of hydrogen-bond acceptors (Lipinski definition) is 2. The van der Waals surface area contributed by atoms with E-state index in [4.69, 9.17) is 18.1 Å². The molecular weight excluding hydrogens is 693 g/mol. The van der Waals surface area contributed by atoms with Gasteiger partial charge in [-0.1, -0.05) is 157 Å². The van der Waals surface area contributed by atoms with Crippen LogP contribution in [0.1, 0.15) is 24.7 Å². The van der Waals surface area contributed by atoms with Crippen molar-refractivity contribution >= 4 is 60.8 Å². The van der Waals surface area contributed by atoms with Crippen LogP contribution >= 0.6 is 0 Å². The van der Waals surface area contributed by atoms with Crippen molar-refractivity contribution < 1.29 is 29.1 Å². The SMILES string of the molecule is [2H]c1c([2H])c([2H])c(-c2c([2H])c([2H])c(N(c3c([2H])c([2H])c(-c4c([2H])c([2H])c([2H])c([2H])c4[2H])c([2H])c3[2H])c3ccc(-c4ccccc4-n4c5ccccc5c5ccccc54)c4oc5ccccc5c34)c([2H])c2[2H])c([2H])c1[2H]. The second-order valence-corrected chi connectivity index (χ2v) is 13.1. The van der Waals surface area contributed by atoms with Crippen molar-refractivity contribution in [2.24, 2.45) is 0 Å². The summed E-state index contributed by atoms with van der Waals surface area (Å²) in [6.45, 7) is 0. The highest BCUT2D eigenvalue weighted by molar-refractivity contribution is 6.18. The van der Waals surface area contributed by atoms with E-state index in [0.29, 0.717) is 22.1 Å². The molecule has 3 heteroatoms. The Morgan fingerprint density at radius 1 is 0.421 bits per heavy atom. The van der Waals surface area contributed by atoms with Gasteiger partial charge in [0, 0.05) is 38.7 Å². The molecule has 0 saturated heterocycles. The Balaban J connectivity index is 1.26. The van der Waals surface area contributed by atoms with Gasteiger partial charge in [0.2, 0.25) is 0 Å². The molecule has 9 aromatic carbocycles. The highest BCUT2D eigenvalue weighted by Crippen LogP contribution is 2.48. The zero-order valence-corrected chi connectivity index (χ0v) is 29.7. The Morgan fingerprint density at radius 2 is 0.912 bits per heavy atom. The van der Waals surface area contributed by atoms with Gasteiger partial charge in [-0.15, -0.1) is 0 Å². The zero-order chi connectivity index (χ0) is 53.4. The third-order valence-electron chi connectivity index (χ3n) is 9.93. The molecule has 0 saturated carbocycles. The van der Waals surface area contributed by atoms with Gasteiger partial charge in [-0.2, -0.15) is 0 Å². The van der Waals surface area contributed by atoms with Crippen LogP contribution in [0.15, 0.2) is 222 Å². The molecule has 0 N–H and O–H groups in total. The largest absolute Gasteiger partial charge is 0.455 e. The molecule has 0 fully saturated rings. The average molecular weight is 747 g/mol. The van der Waals surface area contributed by atoms with Crippen molar-refractivity contribution in [2.45, 2.75) is 0 Å². The van der Waals surface area contributed by atoms with Gasteiger partial charge in [-0.05, 0) is 82.8 Å². The number of para-hydroxylation sites is 4. The molecule has 0 aliphatic heterocycles. The van der Waals surface area contributed by atoms with Gasteiger partial charge in [0.05, 0.1) is 52.5 Å². The number of furan rings is 1. The van der Waals surface area contributed by atoms with E-state index in [0.717, 1.165) is 32.4 Å². The lowest BCUT2D eigenvalue weighted by Gasteiger charge is -2.27. The average Bonchev–Trinajstić information content (AvgIpc) is 3.99. The number of aromatic nitrogens is 1. The first-order chi connectivity index (χ1) is 35.8. The van der Waals surface area contributed by atoms with Crippen molar-refractivity contribution in [3.8, 4) is 39.1 Å². The van der Waals surface area contributed by atoms with Crippen LogP contribution in [0.5, 0.6) is 0 Å². The lowest BCUT2D eigenvalue weighted by atomic mass is 9.98. The summed E-state index contributed by atoms with van der Waals surface area (Å²) >= 11 is 0. The van der Waals surface area contributed by atoms with E-state index < -0.39 is 142 Å². The number of hydrogen-bond donors (Lipinski definition) is 0. The van der Waals surface area contributed by atoms with Crippen LogP contribution < -0.4 is 4.90 Å². The van der Waals surface area contributed by atoms with Gasteiger partial charge < -0.3 is 13.9 Å². The molecule has 2 aromatic heterocycles. The maximum atomic E-state index is 9.70. The van der Waals surface area contributed by atoms with Gasteiger partial charge in [0.1, 0.15) is 11.2 Å². The molecule has 0 amide bonds. The summed E-state index contributed by atoms with van der Waals surface area (Å²) in [5.74, 6) is 0. The monoisotopic (exact) mass is 746 g/mol. The standard InChI is InChI=1S/C54H36N2O/c1-3-15-37(16-4-1)39-27-31-41(32-28-39)55(42-33-29-40(30-34-42)38-17-5-2-6-18-38)51-36-35-46(54-53(51)47-22-10-14-26-52(47)57-54)45-21-9-13-25-50(45)56-48-23-11-7-19-43(48)44-20-8-12-24-49(44)56/h1-36H/i1D,2D,3D,4D,5D,6D,15D,16D,17D,18D,27D,28D,29D,30D,31D,32D,33D,34D. The van der Waals surface area contributed by atoms with E-state index in [1.54, 1.807) is 36.4 Å². The van der Waals surface area contributed by atoms with Crippen molar-refractivity contribution in [3.63, 3.8) is 0 Å². The summed E-state index contributed by atoms with van der Waals surface area (Å²) in [6, 6.07) is 19.0. The fraction of sp³-hybridized carbons (Fsp3) is 0. The van der Waals surface area contributed by atoms with E-state index in [2.05, 4.69) is 4.57 Å². The molecule has 0 spiro atoms. The predicted octanol–water partition coefficient (Wildman–Crippen LogP) is 15.2. The summed E-state index contributed by atoms with van der Waals surface area (Å²) in [7, 11) is 0. The molecule has 0 aliphatic carbocycles. The third-order valence-corrected chi connectivity index (χ3v) is 9.93. The molecule has 0 aliphatic rings. The predicted molar refractivity (Wildman–Crippen MR) is 239 cm³/mol. The van der Waals surface area contributed by atoms with E-state index in [1.165, 1.54) is 0 Å². The zero-order valence-electron chi connectivity index (χ0n) is 47.7. The first-order valence-electron chi connectivity index (χ1n) is 27.0. The summed E-state index contributed by atoms with van der Waals surface area (Å²) in [4.78, 5) is 1.03. The maximum Gasteiger partial charge on any atom is 0.145 e. The first-order valence-corrected chi connectivity index (χ1v) is 18.0. The van der Waals surface area contributed by atoms with Crippen LogP contribution in [0.25, 0.3) is 82.8 Å². The van der Waals surface area contributed by atoms with Gasteiger partial charge >= 0.3 is 0 Å². The molecule has 57 heavy (non-hydrogen) atoms. The first kappa shape index (κ1) is 19.3. The Morgan fingerprint density at radius 3 is 1.51 bits per heavy atom. The summed E-state index contributed by atoms with van der Waals surface area (Å²) in [5, 5.41) is 2.73. The van der Waals surface area contributed by atoms with Gasteiger partial charge in [0.25, 0.3) is 0 Å². The number of benzene rings is 9. The summed E-state index contributed by atoms with van der Waals surface area (Å²) < 4.78 is 170. The van der Waals surface area contributed by atoms with E-state index in [9.17, 15) is 11.0 Å². The smallest absolute Gasteiger partial charge is 0.145 e. The Hall–Kier alpha value is -7.62. The van der Waals surface area contributed by atoms with Crippen LogP contribution in [0.2, 0.25) is 0 Å². The van der Waals surface area contributed by atoms with Crippen LogP contribution in [0.3, 0.4) is 0 Å². The lowest BCUT2D eigenvalue weighted by molar-refractivity contribution is 0.670. The maximum absolute atomic E-state index is 9.70. The second-order valence-electron chi connectivity index (χ2n) is 13.1. The van der Waals surface area contributed by atoms with Crippen LogP contribution in [-0.2, 0) is 0 Å². The number of fused-ring (bicyclic) bond motifs is 6. The Labute approximate surface area is 356 Å². The molecule has 268 valence electrons. The number of rotatable bonds is 7. The molecule has 3 nitrogen and oxygen atoms in total. The minimum atomic E-state index is -0.870. The van der Waals surface area contributed by atoms with Gasteiger partial charge in [-0.25, -0.2) is 0 Å². The van der Waals surface area contributed by atoms with Crippen LogP contribution in [-0.4, -0.2) is 4.57 Å². The molecular formula is C54H36N2O. The quantitative estimate of drug-likeness (QED) is 0.162. The normalized spacial score (nSPS) is 15.9. The molecule has 11 aromatic rings. The van der Waals surface area contributed by atoms with E-state index >= 15 is 0 Å². The highest BCUT2D eigenvalue weighted by atomic mass is 16.3. The van der Waals surface area contributed by atoms with Crippen LogP contribution in [0, 0.1) is 0 Å². The van der Waals surface area contributed by atoms with Gasteiger partial charge in [-0.3, -0.25) is 0 Å². The lowest BCUT2D eigenvalue weighted by Crippen LogP contribution is -2.10. The van der Waals surface area contributed by atoms with Crippen molar-refractivity contribution in [2.75, 3.05) is 4.90 Å². The topological polar surface area (TPSA) is 21.3 Å². The van der Waals surface area contributed by atoms with Crippen molar-refractivity contribution in [1.29, 1.82) is 0 Å². The number of nitrogens with zero attached hydrogens (tertiary/aromatic N) is 2. The fourth-order valence-corrected chi connectivity index (χ4v) is 7.48. The van der Waals surface area contributed by atoms with Gasteiger partial charge in [0.15, 0.2) is 0 Å². The van der Waals surface area contributed by atoms with E-state index in [-0.39, 0.29) is 16.7 Å². The highest BCUT2D eigenvalue weighted by Gasteiger charge is 2.24. The summed E-state index contributed by atoms with van der Waals surface area (Å²) in [5.41, 5.74) is 0.580. The minimum absolute atomic E-state index is 0.0271. The summed E-state index contributed by atoms with van der Waals surface area (Å²) in [6.07, 6.45) is 0. The van der Waals surface area contributed by atoms with Crippen molar-refractivity contribution in [1.82, 2.24) is 4.57 Å². The van der Waals surface area contributed by atoms with E-state index in [1.807, 2.05) is 72.8 Å². The Bertz CT molecular complexity index is 4010. The number of anilines is 3. The molecule has 0 radical (unpaired) electrons. The molecule has 2 heterocycles. The third kappa shape index (κ3) is 5.51. The minimum Gasteiger partial charge on any atom is -0.455 e. The molecule has 11 rings (SSSR count). The molecule has 0 bridgehead atoms. The Kier molecular flexibility index (Phi) is 4.60. The molecule has 0 unspecified atom stereocenters. The molecule has 0 atom stereocenters. The van der Waals surface area contributed by atoms with Crippen molar-refractivity contribution in [3.05, 3.63) is 218 Å². The fourth-order valence-electron chi connectivity index (χ4n) is 7.48.